The van der Waals surface area contributed by atoms with Gasteiger partial charge in [-0.2, -0.15) is 10.2 Å². The summed E-state index contributed by atoms with van der Waals surface area (Å²) in [4.78, 5) is 8.35. The summed E-state index contributed by atoms with van der Waals surface area (Å²) in [6.07, 6.45) is 0. The number of hydrogen-bond donors (Lipinski definition) is 2. The first-order valence-corrected chi connectivity index (χ1v) is 7.39. The van der Waals surface area contributed by atoms with Crippen molar-refractivity contribution >= 4 is 23.1 Å². The molecule has 0 aliphatic carbocycles. The number of hydrogen-bond acceptors (Lipinski definition) is 5. The van der Waals surface area contributed by atoms with Gasteiger partial charge in [0.1, 0.15) is 23.1 Å². The zero-order valence-corrected chi connectivity index (χ0v) is 13.2. The van der Waals surface area contributed by atoms with Crippen LogP contribution in [0.5, 0.6) is 0 Å². The molecule has 0 amide bonds. The molecule has 0 bridgehead atoms. The lowest BCUT2D eigenvalue weighted by Gasteiger charge is -2.11. The minimum atomic E-state index is -0.735. The third-order valence-corrected chi connectivity index (χ3v) is 3.32. The maximum Gasteiger partial charge on any atom is 0.229 e. The number of aryl methyl sites for hydroxylation is 1. The molecular formula is C18H13F2N5. The van der Waals surface area contributed by atoms with Gasteiger partial charge in [0.25, 0.3) is 0 Å². The molecule has 3 rings (SSSR count). The Morgan fingerprint density at radius 2 is 1.68 bits per heavy atom. The molecule has 0 aliphatic rings. The van der Waals surface area contributed by atoms with E-state index in [1.165, 1.54) is 6.07 Å². The van der Waals surface area contributed by atoms with Gasteiger partial charge in [0, 0.05) is 17.4 Å². The topological polar surface area (TPSA) is 73.6 Å². The lowest BCUT2D eigenvalue weighted by Crippen LogP contribution is -2.05. The number of nitrogens with one attached hydrogen (secondary N) is 2. The van der Waals surface area contributed by atoms with Gasteiger partial charge < -0.3 is 10.6 Å². The van der Waals surface area contributed by atoms with Crippen molar-refractivity contribution in [2.75, 3.05) is 10.6 Å². The smallest absolute Gasteiger partial charge is 0.229 e. The van der Waals surface area contributed by atoms with E-state index in [4.69, 9.17) is 5.26 Å². The van der Waals surface area contributed by atoms with Crippen molar-refractivity contribution < 1.29 is 8.78 Å². The van der Waals surface area contributed by atoms with E-state index in [9.17, 15) is 8.78 Å². The van der Waals surface area contributed by atoms with E-state index >= 15 is 0 Å². The van der Waals surface area contributed by atoms with E-state index in [1.54, 1.807) is 37.3 Å². The predicted octanol–water partition coefficient (Wildman–Crippen LogP) is 4.42. The van der Waals surface area contributed by atoms with Gasteiger partial charge in [0.15, 0.2) is 0 Å². The second-order valence-electron chi connectivity index (χ2n) is 5.26. The van der Waals surface area contributed by atoms with Crippen LogP contribution < -0.4 is 10.6 Å². The largest absolute Gasteiger partial charge is 0.340 e. The highest BCUT2D eigenvalue weighted by molar-refractivity contribution is 5.61. The van der Waals surface area contributed by atoms with Crippen LogP contribution in [0.25, 0.3) is 0 Å². The molecule has 2 N–H and O–H groups in total. The Bertz CT molecular complexity index is 946. The molecule has 0 radical (unpaired) electrons. The molecule has 25 heavy (non-hydrogen) atoms. The van der Waals surface area contributed by atoms with E-state index in [1.807, 2.05) is 0 Å². The second-order valence-corrected chi connectivity index (χ2v) is 5.26. The van der Waals surface area contributed by atoms with Crippen LogP contribution in [0.3, 0.4) is 0 Å². The number of para-hydroxylation sites is 1. The van der Waals surface area contributed by atoms with Crippen molar-refractivity contribution in [3.05, 3.63) is 71.4 Å². The lowest BCUT2D eigenvalue weighted by molar-refractivity contribution is 0.590. The van der Waals surface area contributed by atoms with Gasteiger partial charge in [-0.25, -0.2) is 13.8 Å². The van der Waals surface area contributed by atoms with Crippen molar-refractivity contribution in [3.8, 4) is 6.07 Å². The third-order valence-electron chi connectivity index (χ3n) is 3.32. The Labute approximate surface area is 143 Å². The van der Waals surface area contributed by atoms with Gasteiger partial charge in [-0.15, -0.1) is 0 Å². The Morgan fingerprint density at radius 1 is 0.960 bits per heavy atom. The molecule has 0 saturated carbocycles. The molecule has 0 saturated heterocycles. The van der Waals surface area contributed by atoms with Crippen LogP contribution in [0.15, 0.2) is 48.5 Å². The predicted molar refractivity (Wildman–Crippen MR) is 90.8 cm³/mol. The highest BCUT2D eigenvalue weighted by Crippen LogP contribution is 2.23. The third kappa shape index (κ3) is 3.87. The van der Waals surface area contributed by atoms with Crippen molar-refractivity contribution in [1.82, 2.24) is 9.97 Å². The van der Waals surface area contributed by atoms with E-state index in [2.05, 4.69) is 26.7 Å². The van der Waals surface area contributed by atoms with Crippen LogP contribution in [0.1, 0.15) is 11.3 Å². The average molecular weight is 337 g/mol. The molecule has 0 spiro atoms. The highest BCUT2D eigenvalue weighted by atomic mass is 19.1. The molecule has 3 aromatic rings. The van der Waals surface area contributed by atoms with Gasteiger partial charge in [0.05, 0.1) is 11.6 Å². The van der Waals surface area contributed by atoms with Gasteiger partial charge in [-0.3, -0.25) is 0 Å². The van der Waals surface area contributed by atoms with Crippen molar-refractivity contribution in [2.24, 2.45) is 0 Å². The molecule has 0 aliphatic heterocycles. The van der Waals surface area contributed by atoms with Gasteiger partial charge >= 0.3 is 0 Å². The summed E-state index contributed by atoms with van der Waals surface area (Å²) in [5.41, 5.74) is 1.46. The first-order valence-electron chi connectivity index (χ1n) is 7.39. The van der Waals surface area contributed by atoms with E-state index < -0.39 is 11.6 Å². The highest BCUT2D eigenvalue weighted by Gasteiger charge is 2.11. The molecule has 5 nitrogen and oxygen atoms in total. The zero-order chi connectivity index (χ0) is 17.8. The zero-order valence-electron chi connectivity index (χ0n) is 13.2. The molecule has 0 atom stereocenters. The van der Waals surface area contributed by atoms with Crippen LogP contribution in [0.4, 0.5) is 31.9 Å². The Balaban J connectivity index is 1.89. The van der Waals surface area contributed by atoms with Gasteiger partial charge in [-0.1, -0.05) is 12.1 Å². The molecular weight excluding hydrogens is 324 g/mol. The number of rotatable bonds is 4. The number of halogens is 2. The van der Waals surface area contributed by atoms with Crippen molar-refractivity contribution in [3.63, 3.8) is 0 Å². The minimum Gasteiger partial charge on any atom is -0.340 e. The Morgan fingerprint density at radius 3 is 2.40 bits per heavy atom. The molecule has 124 valence electrons. The first-order chi connectivity index (χ1) is 12.0. The van der Waals surface area contributed by atoms with Crippen LogP contribution >= 0.6 is 0 Å². The maximum absolute atomic E-state index is 13.8. The molecule has 0 fully saturated rings. The summed E-state index contributed by atoms with van der Waals surface area (Å²) in [6.45, 7) is 1.74. The summed E-state index contributed by atoms with van der Waals surface area (Å²) < 4.78 is 27.5. The molecule has 1 aromatic heterocycles. The minimum absolute atomic E-state index is 0.0583. The van der Waals surface area contributed by atoms with E-state index in [-0.39, 0.29) is 11.6 Å². The number of nitrogens with zero attached hydrogens (tertiary/aromatic N) is 3. The van der Waals surface area contributed by atoms with Gasteiger partial charge in [-0.05, 0) is 37.3 Å². The van der Waals surface area contributed by atoms with Crippen LogP contribution in [0.2, 0.25) is 0 Å². The summed E-state index contributed by atoms with van der Waals surface area (Å²) in [7, 11) is 0. The molecule has 2 aromatic carbocycles. The monoisotopic (exact) mass is 337 g/mol. The summed E-state index contributed by atoms with van der Waals surface area (Å²) >= 11 is 0. The number of aromatic nitrogens is 2. The van der Waals surface area contributed by atoms with E-state index in [0.717, 1.165) is 12.1 Å². The quantitative estimate of drug-likeness (QED) is 0.737. The Kier molecular flexibility index (Phi) is 4.53. The van der Waals surface area contributed by atoms with Crippen molar-refractivity contribution in [2.45, 2.75) is 6.92 Å². The fourth-order valence-electron chi connectivity index (χ4n) is 2.23. The maximum atomic E-state index is 13.8. The average Bonchev–Trinajstić information content (AvgIpc) is 2.58. The molecule has 1 heterocycles. The SMILES string of the molecule is Cc1cc(Nc2cccc(C#N)c2)nc(Nc2c(F)cccc2F)n1. The van der Waals surface area contributed by atoms with Crippen molar-refractivity contribution in [1.29, 1.82) is 5.26 Å². The van der Waals surface area contributed by atoms with Crippen LogP contribution in [-0.2, 0) is 0 Å². The standard InChI is InChI=1S/C18H13F2N5/c1-11-8-16(23-13-5-2-4-12(9-13)10-21)24-18(22-11)25-17-14(19)6-3-7-15(17)20/h2-9H,1H3,(H2,22,23,24,25). The summed E-state index contributed by atoms with van der Waals surface area (Å²) in [5, 5.41) is 14.6. The van der Waals surface area contributed by atoms with E-state index in [0.29, 0.717) is 22.8 Å². The first kappa shape index (κ1) is 16.3. The Hall–Kier alpha value is -3.53. The number of nitriles is 1. The lowest BCUT2D eigenvalue weighted by atomic mass is 10.2. The van der Waals surface area contributed by atoms with Crippen LogP contribution in [0, 0.1) is 29.9 Å². The molecule has 0 unspecified atom stereocenters. The summed E-state index contributed by atoms with van der Waals surface area (Å²) in [6, 6.07) is 14.2. The van der Waals surface area contributed by atoms with Gasteiger partial charge in [0.2, 0.25) is 5.95 Å². The summed E-state index contributed by atoms with van der Waals surface area (Å²) in [5.74, 6) is -0.979. The molecule has 7 heteroatoms. The normalized spacial score (nSPS) is 10.2. The second kappa shape index (κ2) is 6.93. The fourth-order valence-corrected chi connectivity index (χ4v) is 2.23. The fraction of sp³-hybridized carbons (Fsp3) is 0.0556. The number of anilines is 4. The number of benzene rings is 2. The van der Waals surface area contributed by atoms with Crippen LogP contribution in [-0.4, -0.2) is 9.97 Å².